The van der Waals surface area contributed by atoms with Crippen LogP contribution in [0.1, 0.15) is 31.1 Å². The number of nitrogen functional groups attached to an aromatic ring is 1. The second kappa shape index (κ2) is 4.10. The molecule has 0 aromatic carbocycles. The normalized spacial score (nSPS) is 11.4. The summed E-state index contributed by atoms with van der Waals surface area (Å²) in [6, 6.07) is 1.41. The lowest BCUT2D eigenvalue weighted by Crippen LogP contribution is -2.10. The molecule has 0 spiro atoms. The molecule has 0 unspecified atom stereocenters. The Balaban J connectivity index is 3.10. The summed E-state index contributed by atoms with van der Waals surface area (Å²) in [5, 5.41) is 9.44. The van der Waals surface area contributed by atoms with Gasteiger partial charge >= 0.3 is 5.97 Å². The van der Waals surface area contributed by atoms with E-state index in [1.165, 1.54) is 24.0 Å². The summed E-state index contributed by atoms with van der Waals surface area (Å²) in [5.74, 6) is -1.02. The zero-order valence-electron chi connectivity index (χ0n) is 8.94. The molecule has 82 valence electrons. The number of carbonyl (C=O) groups is 1. The number of nitrogens with zero attached hydrogens (tertiary/aromatic N) is 1. The van der Waals surface area contributed by atoms with Crippen LogP contribution in [0, 0.1) is 0 Å². The number of carboxylic acids is 1. The van der Waals surface area contributed by atoms with Gasteiger partial charge in [0, 0.05) is 10.9 Å². The molecule has 5 heteroatoms. The fourth-order valence-corrected chi connectivity index (χ4v) is 1.93. The standard InChI is InChI=1S/C10H14N2O2S/c1-10(2,3)15-8-7(11)6(9(13)14)4-5-12-8/h4-5H,11H2,1-3H3,(H,13,14). The number of nitrogens with two attached hydrogens (primary N) is 1. The topological polar surface area (TPSA) is 76.2 Å². The fraction of sp³-hybridized carbons (Fsp3) is 0.400. The van der Waals surface area contributed by atoms with Crippen molar-refractivity contribution in [2.24, 2.45) is 0 Å². The largest absolute Gasteiger partial charge is 0.478 e. The minimum atomic E-state index is -1.02. The van der Waals surface area contributed by atoms with Gasteiger partial charge in [0.05, 0.1) is 11.3 Å². The number of pyridine rings is 1. The molecule has 0 radical (unpaired) electrons. The van der Waals surface area contributed by atoms with Gasteiger partial charge in [0.25, 0.3) is 0 Å². The van der Waals surface area contributed by atoms with Crippen LogP contribution in [0.4, 0.5) is 5.69 Å². The van der Waals surface area contributed by atoms with Crippen LogP contribution >= 0.6 is 11.8 Å². The smallest absolute Gasteiger partial charge is 0.337 e. The molecule has 0 fully saturated rings. The van der Waals surface area contributed by atoms with Crippen LogP contribution < -0.4 is 5.73 Å². The number of carboxylic acid groups (broad SMARTS) is 1. The molecule has 0 saturated carbocycles. The number of aromatic carboxylic acids is 1. The molecule has 1 rings (SSSR count). The van der Waals surface area contributed by atoms with Crippen molar-refractivity contribution in [2.75, 3.05) is 5.73 Å². The lowest BCUT2D eigenvalue weighted by molar-refractivity contribution is 0.0697. The van der Waals surface area contributed by atoms with Gasteiger partial charge in [-0.3, -0.25) is 0 Å². The van der Waals surface area contributed by atoms with Crippen LogP contribution in [-0.4, -0.2) is 20.8 Å². The Morgan fingerprint density at radius 2 is 2.13 bits per heavy atom. The highest BCUT2D eigenvalue weighted by molar-refractivity contribution is 8.00. The zero-order chi connectivity index (χ0) is 11.6. The first-order valence-corrected chi connectivity index (χ1v) is 5.29. The predicted octanol–water partition coefficient (Wildman–Crippen LogP) is 2.25. The van der Waals surface area contributed by atoms with Crippen molar-refractivity contribution in [3.05, 3.63) is 17.8 Å². The molecule has 1 aromatic heterocycles. The third-order valence-electron chi connectivity index (χ3n) is 1.59. The van der Waals surface area contributed by atoms with Crippen molar-refractivity contribution in [1.82, 2.24) is 4.98 Å². The molecular weight excluding hydrogens is 212 g/mol. The van der Waals surface area contributed by atoms with Gasteiger partial charge in [-0.1, -0.05) is 32.5 Å². The fourth-order valence-electron chi connectivity index (χ4n) is 1.01. The molecule has 0 aliphatic heterocycles. The van der Waals surface area contributed by atoms with Crippen molar-refractivity contribution in [2.45, 2.75) is 30.5 Å². The van der Waals surface area contributed by atoms with E-state index in [1.54, 1.807) is 0 Å². The maximum absolute atomic E-state index is 10.8. The highest BCUT2D eigenvalue weighted by atomic mass is 32.2. The highest BCUT2D eigenvalue weighted by Gasteiger charge is 2.18. The summed E-state index contributed by atoms with van der Waals surface area (Å²) < 4.78 is -0.0434. The lowest BCUT2D eigenvalue weighted by atomic mass is 10.2. The minimum Gasteiger partial charge on any atom is -0.478 e. The summed E-state index contributed by atoms with van der Waals surface area (Å²) >= 11 is 1.46. The van der Waals surface area contributed by atoms with E-state index in [9.17, 15) is 4.79 Å². The quantitative estimate of drug-likeness (QED) is 0.756. The Morgan fingerprint density at radius 3 is 2.60 bits per heavy atom. The first-order chi connectivity index (χ1) is 6.81. The highest BCUT2D eigenvalue weighted by Crippen LogP contribution is 2.34. The van der Waals surface area contributed by atoms with Crippen LogP contribution in [0.5, 0.6) is 0 Å². The molecule has 1 aromatic rings. The Kier molecular flexibility index (Phi) is 3.24. The molecule has 4 nitrogen and oxygen atoms in total. The van der Waals surface area contributed by atoms with Gasteiger partial charge in [-0.25, -0.2) is 9.78 Å². The van der Waals surface area contributed by atoms with Gasteiger partial charge in [0.15, 0.2) is 0 Å². The summed E-state index contributed by atoms with van der Waals surface area (Å²) in [4.78, 5) is 14.9. The maximum atomic E-state index is 10.8. The Labute approximate surface area is 92.9 Å². The number of thioether (sulfide) groups is 1. The van der Waals surface area contributed by atoms with Crippen molar-refractivity contribution in [3.63, 3.8) is 0 Å². The molecule has 0 bridgehead atoms. The van der Waals surface area contributed by atoms with Gasteiger partial charge in [-0.2, -0.15) is 0 Å². The third-order valence-corrected chi connectivity index (χ3v) is 2.72. The van der Waals surface area contributed by atoms with Crippen LogP contribution in [0.3, 0.4) is 0 Å². The Bertz CT molecular complexity index is 385. The van der Waals surface area contributed by atoms with Gasteiger partial charge < -0.3 is 10.8 Å². The number of rotatable bonds is 2. The van der Waals surface area contributed by atoms with E-state index < -0.39 is 5.97 Å². The van der Waals surface area contributed by atoms with Crippen LogP contribution in [0.25, 0.3) is 0 Å². The molecule has 0 saturated heterocycles. The van der Waals surface area contributed by atoms with Crippen LogP contribution in [0.2, 0.25) is 0 Å². The SMILES string of the molecule is CC(C)(C)Sc1nccc(C(=O)O)c1N. The maximum Gasteiger partial charge on any atom is 0.337 e. The number of hydrogen-bond acceptors (Lipinski definition) is 4. The predicted molar refractivity (Wildman–Crippen MR) is 61.2 cm³/mol. The van der Waals surface area contributed by atoms with E-state index in [1.807, 2.05) is 20.8 Å². The van der Waals surface area contributed by atoms with E-state index in [2.05, 4.69) is 4.98 Å². The lowest BCUT2D eigenvalue weighted by Gasteiger charge is -2.18. The second-order valence-corrected chi connectivity index (χ2v) is 5.91. The molecular formula is C10H14N2O2S. The van der Waals surface area contributed by atoms with Gasteiger partial charge in [0.1, 0.15) is 5.03 Å². The average Bonchev–Trinajstić information content (AvgIpc) is 2.05. The van der Waals surface area contributed by atoms with E-state index in [4.69, 9.17) is 10.8 Å². The Morgan fingerprint density at radius 1 is 1.53 bits per heavy atom. The summed E-state index contributed by atoms with van der Waals surface area (Å²) in [6.45, 7) is 6.06. The van der Waals surface area contributed by atoms with E-state index in [0.29, 0.717) is 5.03 Å². The summed E-state index contributed by atoms with van der Waals surface area (Å²) in [5.41, 5.74) is 6.08. The summed E-state index contributed by atoms with van der Waals surface area (Å²) in [7, 11) is 0. The van der Waals surface area contributed by atoms with E-state index in [0.717, 1.165) is 0 Å². The van der Waals surface area contributed by atoms with Crippen molar-refractivity contribution in [3.8, 4) is 0 Å². The number of hydrogen-bond donors (Lipinski definition) is 2. The van der Waals surface area contributed by atoms with Gasteiger partial charge in [-0.15, -0.1) is 0 Å². The van der Waals surface area contributed by atoms with Crippen LogP contribution in [-0.2, 0) is 0 Å². The first kappa shape index (κ1) is 11.8. The van der Waals surface area contributed by atoms with Crippen molar-refractivity contribution < 1.29 is 9.90 Å². The number of aromatic nitrogens is 1. The molecule has 15 heavy (non-hydrogen) atoms. The third kappa shape index (κ3) is 3.13. The van der Waals surface area contributed by atoms with Crippen molar-refractivity contribution >= 4 is 23.4 Å². The summed E-state index contributed by atoms with van der Waals surface area (Å²) in [6.07, 6.45) is 1.47. The molecule has 0 aliphatic carbocycles. The zero-order valence-corrected chi connectivity index (χ0v) is 9.76. The van der Waals surface area contributed by atoms with E-state index >= 15 is 0 Å². The van der Waals surface area contributed by atoms with Crippen molar-refractivity contribution in [1.29, 1.82) is 0 Å². The molecule has 3 N–H and O–H groups in total. The Hall–Kier alpha value is -1.23. The minimum absolute atomic E-state index is 0.0434. The molecule has 0 aliphatic rings. The molecule has 0 atom stereocenters. The number of anilines is 1. The van der Waals surface area contributed by atoms with Crippen LogP contribution in [0.15, 0.2) is 17.3 Å². The first-order valence-electron chi connectivity index (χ1n) is 4.48. The monoisotopic (exact) mass is 226 g/mol. The van der Waals surface area contributed by atoms with Gasteiger partial charge in [0.2, 0.25) is 0 Å². The van der Waals surface area contributed by atoms with E-state index in [-0.39, 0.29) is 16.0 Å². The molecule has 1 heterocycles. The second-order valence-electron chi connectivity index (χ2n) is 4.10. The average molecular weight is 226 g/mol. The van der Waals surface area contributed by atoms with Gasteiger partial charge in [-0.05, 0) is 6.07 Å². The molecule has 0 amide bonds.